The minimum atomic E-state index is -0.221. The summed E-state index contributed by atoms with van der Waals surface area (Å²) in [5.41, 5.74) is 3.22. The van der Waals surface area contributed by atoms with E-state index >= 15 is 0 Å². The normalized spacial score (nSPS) is 10.3. The van der Waals surface area contributed by atoms with E-state index in [1.54, 1.807) is 18.3 Å². The van der Waals surface area contributed by atoms with Gasteiger partial charge in [0.25, 0.3) is 5.91 Å². The molecule has 0 unspecified atom stereocenters. The number of halogens is 2. The van der Waals surface area contributed by atoms with Crippen LogP contribution in [0.3, 0.4) is 0 Å². The molecule has 0 saturated carbocycles. The van der Waals surface area contributed by atoms with Crippen molar-refractivity contribution in [2.24, 2.45) is 0 Å². The lowest BCUT2D eigenvalue weighted by atomic mass is 10.1. The molecular weight excluding hydrogens is 372 g/mol. The predicted molar refractivity (Wildman–Crippen MR) is 83.5 cm³/mol. The minimum absolute atomic E-state index is 0.221. The Balaban J connectivity index is 2.32. The van der Waals surface area contributed by atoms with E-state index in [1.807, 2.05) is 26.0 Å². The second-order valence-electron chi connectivity index (χ2n) is 4.20. The molecule has 0 bridgehead atoms. The van der Waals surface area contributed by atoms with E-state index in [4.69, 9.17) is 0 Å². The fourth-order valence-corrected chi connectivity index (χ4v) is 2.96. The molecule has 98 valence electrons. The molecule has 0 aliphatic rings. The second kappa shape index (κ2) is 5.84. The Morgan fingerprint density at radius 3 is 2.42 bits per heavy atom. The van der Waals surface area contributed by atoms with Gasteiger partial charge in [-0.25, -0.2) is 4.98 Å². The van der Waals surface area contributed by atoms with E-state index in [9.17, 15) is 4.79 Å². The van der Waals surface area contributed by atoms with Gasteiger partial charge < -0.3 is 5.32 Å². The number of aryl methyl sites for hydroxylation is 2. The lowest BCUT2D eigenvalue weighted by molar-refractivity contribution is 0.102. The van der Waals surface area contributed by atoms with Crippen LogP contribution in [0.2, 0.25) is 0 Å². The lowest BCUT2D eigenvalue weighted by Gasteiger charge is -2.12. The van der Waals surface area contributed by atoms with Gasteiger partial charge in [-0.05, 0) is 65.2 Å². The zero-order valence-corrected chi connectivity index (χ0v) is 13.7. The predicted octanol–water partition coefficient (Wildman–Crippen LogP) is 4.48. The van der Waals surface area contributed by atoms with Crippen molar-refractivity contribution in [2.45, 2.75) is 13.8 Å². The Kier molecular flexibility index (Phi) is 4.37. The van der Waals surface area contributed by atoms with Crippen LogP contribution in [0.25, 0.3) is 0 Å². The summed E-state index contributed by atoms with van der Waals surface area (Å²) in [5, 5.41) is 2.91. The second-order valence-corrected chi connectivity index (χ2v) is 5.97. The molecule has 1 amide bonds. The molecule has 19 heavy (non-hydrogen) atoms. The molecule has 0 atom stereocenters. The number of nitrogens with zero attached hydrogens (tertiary/aromatic N) is 1. The van der Waals surface area contributed by atoms with Gasteiger partial charge in [-0.1, -0.05) is 15.9 Å². The topological polar surface area (TPSA) is 42.0 Å². The number of nitrogens with one attached hydrogen (secondary N) is 1. The smallest absolute Gasteiger partial charge is 0.275 e. The number of hydrogen-bond acceptors (Lipinski definition) is 2. The average Bonchev–Trinajstić information content (AvgIpc) is 2.34. The molecule has 1 aromatic heterocycles. The van der Waals surface area contributed by atoms with Crippen LogP contribution < -0.4 is 5.32 Å². The number of carbonyl (C=O) groups excluding carboxylic acids is 1. The third kappa shape index (κ3) is 3.22. The molecule has 1 heterocycles. The Hall–Kier alpha value is -1.20. The van der Waals surface area contributed by atoms with Crippen LogP contribution >= 0.6 is 31.9 Å². The van der Waals surface area contributed by atoms with Crippen molar-refractivity contribution in [3.05, 3.63) is 56.2 Å². The highest BCUT2D eigenvalue weighted by Gasteiger charge is 2.14. The van der Waals surface area contributed by atoms with Gasteiger partial charge in [0.1, 0.15) is 5.69 Å². The number of anilines is 1. The molecular formula is C14H12Br2N2O. The molecule has 0 radical (unpaired) electrons. The van der Waals surface area contributed by atoms with Gasteiger partial charge in [0.05, 0.1) is 0 Å². The van der Waals surface area contributed by atoms with Gasteiger partial charge in [0.2, 0.25) is 0 Å². The molecule has 0 aliphatic heterocycles. The van der Waals surface area contributed by atoms with Crippen LogP contribution in [0.5, 0.6) is 0 Å². The molecule has 0 spiro atoms. The van der Waals surface area contributed by atoms with E-state index in [0.29, 0.717) is 10.2 Å². The highest BCUT2D eigenvalue weighted by molar-refractivity contribution is 9.10. The number of amides is 1. The molecule has 1 aromatic carbocycles. The first-order valence-corrected chi connectivity index (χ1v) is 7.26. The van der Waals surface area contributed by atoms with Gasteiger partial charge >= 0.3 is 0 Å². The highest BCUT2D eigenvalue weighted by Crippen LogP contribution is 2.26. The van der Waals surface area contributed by atoms with E-state index < -0.39 is 0 Å². The quantitative estimate of drug-likeness (QED) is 0.830. The number of carbonyl (C=O) groups is 1. The fraction of sp³-hybridized carbons (Fsp3) is 0.143. The standard InChI is InChI=1S/C14H12Br2N2O/c1-8-6-10(15)7-9(2)12(8)18-14(19)13-11(16)4-3-5-17-13/h3-7H,1-2H3,(H,18,19). The maximum absolute atomic E-state index is 12.2. The molecule has 2 aromatic rings. The van der Waals surface area contributed by atoms with Gasteiger partial charge in [0, 0.05) is 20.8 Å². The zero-order chi connectivity index (χ0) is 14.0. The molecule has 0 aliphatic carbocycles. The van der Waals surface area contributed by atoms with Crippen LogP contribution in [0, 0.1) is 13.8 Å². The monoisotopic (exact) mass is 382 g/mol. The van der Waals surface area contributed by atoms with Crippen LogP contribution in [0.15, 0.2) is 39.4 Å². The molecule has 5 heteroatoms. The summed E-state index contributed by atoms with van der Waals surface area (Å²) in [5.74, 6) is -0.221. The van der Waals surface area contributed by atoms with Gasteiger partial charge in [-0.15, -0.1) is 0 Å². The first-order chi connectivity index (χ1) is 8.99. The summed E-state index contributed by atoms with van der Waals surface area (Å²) >= 11 is 6.77. The average molecular weight is 384 g/mol. The summed E-state index contributed by atoms with van der Waals surface area (Å²) in [6, 6.07) is 7.51. The largest absolute Gasteiger partial charge is 0.320 e. The molecule has 1 N–H and O–H groups in total. The molecule has 0 saturated heterocycles. The zero-order valence-electron chi connectivity index (χ0n) is 10.5. The van der Waals surface area contributed by atoms with Crippen molar-refractivity contribution in [1.29, 1.82) is 0 Å². The Morgan fingerprint density at radius 2 is 1.84 bits per heavy atom. The summed E-state index contributed by atoms with van der Waals surface area (Å²) < 4.78 is 1.68. The number of hydrogen-bond donors (Lipinski definition) is 1. The lowest BCUT2D eigenvalue weighted by Crippen LogP contribution is -2.15. The van der Waals surface area contributed by atoms with Crippen molar-refractivity contribution in [3.8, 4) is 0 Å². The van der Waals surface area contributed by atoms with Crippen molar-refractivity contribution in [1.82, 2.24) is 4.98 Å². The van der Waals surface area contributed by atoms with Crippen molar-refractivity contribution < 1.29 is 4.79 Å². The van der Waals surface area contributed by atoms with Crippen molar-refractivity contribution in [3.63, 3.8) is 0 Å². The summed E-state index contributed by atoms with van der Waals surface area (Å²) in [6.45, 7) is 3.92. The molecule has 0 fully saturated rings. The number of pyridine rings is 1. The summed E-state index contributed by atoms with van der Waals surface area (Å²) in [6.07, 6.45) is 1.60. The number of aromatic nitrogens is 1. The van der Waals surface area contributed by atoms with Crippen LogP contribution in [0.4, 0.5) is 5.69 Å². The van der Waals surface area contributed by atoms with E-state index in [1.165, 1.54) is 0 Å². The Labute approximate surface area is 128 Å². The fourth-order valence-electron chi connectivity index (χ4n) is 1.83. The molecule has 2 rings (SSSR count). The number of benzene rings is 1. The maximum atomic E-state index is 12.2. The maximum Gasteiger partial charge on any atom is 0.275 e. The van der Waals surface area contributed by atoms with Crippen molar-refractivity contribution in [2.75, 3.05) is 5.32 Å². The van der Waals surface area contributed by atoms with E-state index in [2.05, 4.69) is 42.2 Å². The van der Waals surface area contributed by atoms with Crippen molar-refractivity contribution >= 4 is 43.5 Å². The van der Waals surface area contributed by atoms with Gasteiger partial charge in [0.15, 0.2) is 0 Å². The first-order valence-electron chi connectivity index (χ1n) is 5.67. The van der Waals surface area contributed by atoms with Crippen LogP contribution in [-0.2, 0) is 0 Å². The van der Waals surface area contributed by atoms with E-state index in [-0.39, 0.29) is 5.91 Å². The van der Waals surface area contributed by atoms with Gasteiger partial charge in [-0.2, -0.15) is 0 Å². The SMILES string of the molecule is Cc1cc(Br)cc(C)c1NC(=O)c1ncccc1Br. The van der Waals surface area contributed by atoms with Gasteiger partial charge in [-0.3, -0.25) is 4.79 Å². The first kappa shape index (κ1) is 14.2. The Morgan fingerprint density at radius 1 is 1.21 bits per heavy atom. The minimum Gasteiger partial charge on any atom is -0.320 e. The highest BCUT2D eigenvalue weighted by atomic mass is 79.9. The van der Waals surface area contributed by atoms with Crippen LogP contribution in [0.1, 0.15) is 21.6 Å². The molecule has 3 nitrogen and oxygen atoms in total. The van der Waals surface area contributed by atoms with Crippen LogP contribution in [-0.4, -0.2) is 10.9 Å². The number of rotatable bonds is 2. The van der Waals surface area contributed by atoms with E-state index in [0.717, 1.165) is 21.3 Å². The Bertz CT molecular complexity index is 618. The summed E-state index contributed by atoms with van der Waals surface area (Å²) in [7, 11) is 0. The third-order valence-corrected chi connectivity index (χ3v) is 3.81. The third-order valence-electron chi connectivity index (χ3n) is 2.71. The summed E-state index contributed by atoms with van der Waals surface area (Å²) in [4.78, 5) is 16.3.